The summed E-state index contributed by atoms with van der Waals surface area (Å²) in [5.74, 6) is -4.75. The van der Waals surface area contributed by atoms with Crippen molar-refractivity contribution in [2.75, 3.05) is 0 Å². The topological polar surface area (TPSA) is 26.3 Å². The number of carbonyl (C=O) groups is 1. The van der Waals surface area contributed by atoms with Crippen LogP contribution < -0.4 is 4.74 Å². The number of ether oxygens (including phenoxy) is 1. The van der Waals surface area contributed by atoms with Crippen molar-refractivity contribution < 1.29 is 22.7 Å². The Kier molecular flexibility index (Phi) is 3.55. The summed E-state index contributed by atoms with van der Waals surface area (Å²) in [4.78, 5) is 11.6. The molecule has 0 heterocycles. The quantitative estimate of drug-likeness (QED) is 0.613. The fourth-order valence-corrected chi connectivity index (χ4v) is 1.50. The average molecular weight is 266 g/mol. The minimum atomic E-state index is -1.30. The van der Waals surface area contributed by atoms with Crippen LogP contribution in [-0.2, 0) is 0 Å². The van der Waals surface area contributed by atoms with Crippen molar-refractivity contribution in [1.29, 1.82) is 0 Å². The van der Waals surface area contributed by atoms with Crippen molar-refractivity contribution in [3.05, 3.63) is 65.0 Å². The summed E-state index contributed by atoms with van der Waals surface area (Å²) < 4.78 is 44.2. The number of esters is 1. The van der Waals surface area contributed by atoms with E-state index in [2.05, 4.69) is 0 Å². The van der Waals surface area contributed by atoms with E-state index in [1.807, 2.05) is 6.92 Å². The molecule has 98 valence electrons. The summed E-state index contributed by atoms with van der Waals surface area (Å²) in [5.41, 5.74) is 0.0286. The van der Waals surface area contributed by atoms with E-state index in [1.165, 1.54) is 12.1 Å². The highest BCUT2D eigenvalue weighted by Crippen LogP contribution is 2.18. The highest BCUT2D eigenvalue weighted by atomic mass is 19.1. The van der Waals surface area contributed by atoms with Crippen LogP contribution in [0.4, 0.5) is 13.2 Å². The van der Waals surface area contributed by atoms with Crippen LogP contribution in [0.3, 0.4) is 0 Å². The molecule has 0 aromatic heterocycles. The van der Waals surface area contributed by atoms with Gasteiger partial charge in [-0.15, -0.1) is 0 Å². The normalized spacial score (nSPS) is 10.3. The van der Waals surface area contributed by atoms with Gasteiger partial charge in [-0.05, 0) is 19.1 Å². The number of halogens is 3. The van der Waals surface area contributed by atoms with E-state index in [4.69, 9.17) is 4.74 Å². The maximum absolute atomic E-state index is 13.3. The molecule has 2 rings (SSSR count). The number of benzene rings is 2. The SMILES string of the molecule is Cc1ccc(OC(=O)c2c(F)cc(F)cc2F)cc1. The predicted octanol–water partition coefficient (Wildman–Crippen LogP) is 3.63. The first-order chi connectivity index (χ1) is 8.97. The van der Waals surface area contributed by atoms with Crippen molar-refractivity contribution in [3.8, 4) is 5.75 Å². The van der Waals surface area contributed by atoms with Crippen LogP contribution in [0.2, 0.25) is 0 Å². The van der Waals surface area contributed by atoms with E-state index in [0.717, 1.165) is 5.56 Å². The van der Waals surface area contributed by atoms with Crippen molar-refractivity contribution in [1.82, 2.24) is 0 Å². The van der Waals surface area contributed by atoms with Gasteiger partial charge in [0.25, 0.3) is 0 Å². The summed E-state index contributed by atoms with van der Waals surface area (Å²) in [6.07, 6.45) is 0. The second-order valence-electron chi connectivity index (χ2n) is 3.95. The van der Waals surface area contributed by atoms with E-state index in [-0.39, 0.29) is 5.75 Å². The molecule has 0 radical (unpaired) electrons. The zero-order chi connectivity index (χ0) is 14.0. The molecule has 5 heteroatoms. The van der Waals surface area contributed by atoms with Gasteiger partial charge in [0.15, 0.2) is 0 Å². The fourth-order valence-electron chi connectivity index (χ4n) is 1.50. The molecule has 0 bridgehead atoms. The van der Waals surface area contributed by atoms with Gasteiger partial charge in [-0.25, -0.2) is 18.0 Å². The summed E-state index contributed by atoms with van der Waals surface area (Å²) >= 11 is 0. The second-order valence-corrected chi connectivity index (χ2v) is 3.95. The van der Waals surface area contributed by atoms with Crippen molar-refractivity contribution in [3.63, 3.8) is 0 Å². The maximum atomic E-state index is 13.3. The lowest BCUT2D eigenvalue weighted by molar-refractivity contribution is 0.0724. The van der Waals surface area contributed by atoms with E-state index in [1.54, 1.807) is 12.1 Å². The highest BCUT2D eigenvalue weighted by Gasteiger charge is 2.20. The Morgan fingerprint density at radius 2 is 1.53 bits per heavy atom. The zero-order valence-corrected chi connectivity index (χ0v) is 9.91. The van der Waals surface area contributed by atoms with Crippen LogP contribution in [0.25, 0.3) is 0 Å². The lowest BCUT2D eigenvalue weighted by Gasteiger charge is -2.06. The van der Waals surface area contributed by atoms with Gasteiger partial charge >= 0.3 is 5.97 Å². The Balaban J connectivity index is 2.28. The molecule has 19 heavy (non-hydrogen) atoms. The summed E-state index contributed by atoms with van der Waals surface area (Å²) in [6, 6.07) is 7.20. The fraction of sp³-hybridized carbons (Fsp3) is 0.0714. The summed E-state index contributed by atoms with van der Waals surface area (Å²) in [7, 11) is 0. The first kappa shape index (κ1) is 13.1. The standard InChI is InChI=1S/C14H9F3O2/c1-8-2-4-10(5-3-8)19-14(18)13-11(16)6-9(15)7-12(13)17/h2-7H,1H3. The molecule has 0 aliphatic heterocycles. The Hall–Kier alpha value is -2.30. The van der Waals surface area contributed by atoms with E-state index in [9.17, 15) is 18.0 Å². The van der Waals surface area contributed by atoms with Crippen LogP contribution in [0.5, 0.6) is 5.75 Å². The lowest BCUT2D eigenvalue weighted by Crippen LogP contribution is -2.13. The number of rotatable bonds is 2. The van der Waals surface area contributed by atoms with Gasteiger partial charge in [0.2, 0.25) is 0 Å². The van der Waals surface area contributed by atoms with Gasteiger partial charge in [-0.3, -0.25) is 0 Å². The molecule has 0 N–H and O–H groups in total. The molecule has 0 spiro atoms. The molecular weight excluding hydrogens is 257 g/mol. The molecule has 0 saturated carbocycles. The van der Waals surface area contributed by atoms with Gasteiger partial charge in [0.05, 0.1) is 0 Å². The lowest BCUT2D eigenvalue weighted by atomic mass is 10.2. The summed E-state index contributed by atoms with van der Waals surface area (Å²) in [5, 5.41) is 0. The van der Waals surface area contributed by atoms with Crippen LogP contribution in [0, 0.1) is 24.4 Å². The maximum Gasteiger partial charge on any atom is 0.349 e. The van der Waals surface area contributed by atoms with E-state index in [0.29, 0.717) is 12.1 Å². The molecule has 2 aromatic carbocycles. The first-order valence-electron chi connectivity index (χ1n) is 5.41. The van der Waals surface area contributed by atoms with E-state index >= 15 is 0 Å². The smallest absolute Gasteiger partial charge is 0.349 e. The Morgan fingerprint density at radius 3 is 2.05 bits per heavy atom. The van der Waals surface area contributed by atoms with Crippen LogP contribution in [0.1, 0.15) is 15.9 Å². The zero-order valence-electron chi connectivity index (χ0n) is 9.91. The van der Waals surface area contributed by atoms with Gasteiger partial charge in [-0.1, -0.05) is 17.7 Å². The molecule has 0 fully saturated rings. The van der Waals surface area contributed by atoms with Gasteiger partial charge in [0, 0.05) is 12.1 Å². The Morgan fingerprint density at radius 1 is 1.00 bits per heavy atom. The Bertz CT molecular complexity index is 598. The van der Waals surface area contributed by atoms with Gasteiger partial charge < -0.3 is 4.74 Å². The van der Waals surface area contributed by atoms with Crippen molar-refractivity contribution in [2.24, 2.45) is 0 Å². The number of carbonyl (C=O) groups excluding carboxylic acids is 1. The van der Waals surface area contributed by atoms with Crippen molar-refractivity contribution >= 4 is 5.97 Å². The molecule has 0 aliphatic carbocycles. The number of hydrogen-bond donors (Lipinski definition) is 0. The highest BCUT2D eigenvalue weighted by molar-refractivity contribution is 5.91. The third-order valence-corrected chi connectivity index (χ3v) is 2.44. The molecule has 0 saturated heterocycles. The van der Waals surface area contributed by atoms with Crippen LogP contribution in [0.15, 0.2) is 36.4 Å². The summed E-state index contributed by atoms with van der Waals surface area (Å²) in [6.45, 7) is 1.84. The second kappa shape index (κ2) is 5.14. The third-order valence-electron chi connectivity index (χ3n) is 2.44. The van der Waals surface area contributed by atoms with Crippen LogP contribution >= 0.6 is 0 Å². The minimum absolute atomic E-state index is 0.152. The largest absolute Gasteiger partial charge is 0.423 e. The average Bonchev–Trinajstić information content (AvgIpc) is 2.30. The Labute approximate surface area is 107 Å². The molecule has 2 nitrogen and oxygen atoms in total. The van der Waals surface area contributed by atoms with Gasteiger partial charge in [-0.2, -0.15) is 0 Å². The van der Waals surface area contributed by atoms with Gasteiger partial charge in [0.1, 0.15) is 28.8 Å². The molecule has 2 aromatic rings. The van der Waals surface area contributed by atoms with E-state index < -0.39 is 29.0 Å². The minimum Gasteiger partial charge on any atom is -0.423 e. The van der Waals surface area contributed by atoms with Crippen molar-refractivity contribution in [2.45, 2.75) is 6.92 Å². The molecule has 0 unspecified atom stereocenters. The molecule has 0 atom stereocenters. The van der Waals surface area contributed by atoms with Crippen LogP contribution in [-0.4, -0.2) is 5.97 Å². The number of hydrogen-bond acceptors (Lipinski definition) is 2. The number of aryl methyl sites for hydroxylation is 1. The molecular formula is C14H9F3O2. The predicted molar refractivity (Wildman–Crippen MR) is 62.5 cm³/mol. The third kappa shape index (κ3) is 2.93. The monoisotopic (exact) mass is 266 g/mol. The molecule has 0 amide bonds. The molecule has 0 aliphatic rings. The first-order valence-corrected chi connectivity index (χ1v) is 5.41.